The molecule has 1 aromatic rings. The zero-order valence-electron chi connectivity index (χ0n) is 12.4. The summed E-state index contributed by atoms with van der Waals surface area (Å²) in [7, 11) is 0. The third-order valence-electron chi connectivity index (χ3n) is 3.54. The van der Waals surface area contributed by atoms with Gasteiger partial charge in [-0.05, 0) is 32.3 Å². The number of aryl methyl sites for hydroxylation is 2. The highest BCUT2D eigenvalue weighted by Gasteiger charge is 2.37. The van der Waals surface area contributed by atoms with Gasteiger partial charge in [0.25, 0.3) is 5.91 Å². The molecule has 0 aliphatic rings. The Morgan fingerprint density at radius 3 is 2.30 bits per heavy atom. The Balaban J connectivity index is 3.12. The van der Waals surface area contributed by atoms with E-state index in [1.807, 2.05) is 6.92 Å². The van der Waals surface area contributed by atoms with E-state index in [-0.39, 0.29) is 0 Å². The molecule has 110 valence electrons. The Labute approximate surface area is 118 Å². The van der Waals surface area contributed by atoms with Crippen LogP contribution in [0.15, 0.2) is 6.07 Å². The fraction of sp³-hybridized carbons (Fsp3) is 0.571. The number of carboxylic acids is 1. The highest BCUT2D eigenvalue weighted by atomic mass is 16.4. The minimum Gasteiger partial charge on any atom is -0.480 e. The summed E-state index contributed by atoms with van der Waals surface area (Å²) in [5.41, 5.74) is 0.354. The molecule has 1 amide bonds. The zero-order valence-corrected chi connectivity index (χ0v) is 12.4. The number of amides is 1. The van der Waals surface area contributed by atoms with E-state index in [0.717, 1.165) is 0 Å². The minimum absolute atomic E-state index is 0.323. The van der Waals surface area contributed by atoms with Crippen molar-refractivity contribution in [3.8, 4) is 0 Å². The Bertz CT molecular complexity index is 510. The van der Waals surface area contributed by atoms with Gasteiger partial charge in [-0.15, -0.1) is 0 Å². The van der Waals surface area contributed by atoms with Gasteiger partial charge in [0.2, 0.25) is 0 Å². The highest BCUT2D eigenvalue weighted by molar-refractivity contribution is 5.98. The Kier molecular flexibility index (Phi) is 5.19. The summed E-state index contributed by atoms with van der Waals surface area (Å²) in [6.07, 6.45) is 1.21. The van der Waals surface area contributed by atoms with Gasteiger partial charge in [0.05, 0.1) is 17.0 Å². The lowest BCUT2D eigenvalue weighted by atomic mass is 9.92. The van der Waals surface area contributed by atoms with E-state index in [4.69, 9.17) is 0 Å². The van der Waals surface area contributed by atoms with Gasteiger partial charge in [0.1, 0.15) is 5.54 Å². The van der Waals surface area contributed by atoms with Crippen LogP contribution in [0, 0.1) is 6.92 Å². The van der Waals surface area contributed by atoms with Gasteiger partial charge in [-0.2, -0.15) is 10.2 Å². The molecule has 1 aromatic heterocycles. The Morgan fingerprint density at radius 2 is 1.85 bits per heavy atom. The molecule has 0 fully saturated rings. The number of carbonyl (C=O) groups excluding carboxylic acids is 1. The van der Waals surface area contributed by atoms with Crippen molar-refractivity contribution in [1.29, 1.82) is 0 Å². The van der Waals surface area contributed by atoms with Gasteiger partial charge in [-0.25, -0.2) is 4.79 Å². The quantitative estimate of drug-likeness (QED) is 0.827. The number of aliphatic carboxylic acids is 1. The van der Waals surface area contributed by atoms with Gasteiger partial charge >= 0.3 is 5.97 Å². The average molecular weight is 279 g/mol. The largest absolute Gasteiger partial charge is 0.480 e. The molecule has 1 heterocycles. The van der Waals surface area contributed by atoms with Crippen molar-refractivity contribution in [2.24, 2.45) is 0 Å². The maximum Gasteiger partial charge on any atom is 0.329 e. The molecule has 6 heteroatoms. The standard InChI is InChI=1S/C14H21N3O3/c1-5-11-10(8-9(4)16-17-11)12(18)15-14(6-2,7-3)13(19)20/h8H,5-7H2,1-4H3,(H,15,18)(H,19,20). The van der Waals surface area contributed by atoms with Crippen LogP contribution in [0.4, 0.5) is 0 Å². The number of nitrogens with zero attached hydrogens (tertiary/aromatic N) is 2. The first-order valence-electron chi connectivity index (χ1n) is 6.79. The van der Waals surface area contributed by atoms with E-state index >= 15 is 0 Å². The second-order valence-electron chi connectivity index (χ2n) is 4.75. The molecule has 0 bridgehead atoms. The smallest absolute Gasteiger partial charge is 0.329 e. The number of nitrogens with one attached hydrogen (secondary N) is 1. The van der Waals surface area contributed by atoms with Gasteiger partial charge in [-0.3, -0.25) is 4.79 Å². The number of carbonyl (C=O) groups is 2. The van der Waals surface area contributed by atoms with Crippen molar-refractivity contribution >= 4 is 11.9 Å². The van der Waals surface area contributed by atoms with Crippen LogP contribution >= 0.6 is 0 Å². The number of carboxylic acid groups (broad SMARTS) is 1. The van der Waals surface area contributed by atoms with Gasteiger partial charge in [0, 0.05) is 0 Å². The second kappa shape index (κ2) is 6.45. The number of hydrogen-bond donors (Lipinski definition) is 2. The van der Waals surface area contributed by atoms with E-state index in [2.05, 4.69) is 15.5 Å². The molecule has 0 saturated carbocycles. The Morgan fingerprint density at radius 1 is 1.25 bits per heavy atom. The van der Waals surface area contributed by atoms with Crippen molar-refractivity contribution in [2.45, 2.75) is 52.5 Å². The fourth-order valence-corrected chi connectivity index (χ4v) is 2.04. The van der Waals surface area contributed by atoms with Crippen molar-refractivity contribution in [2.75, 3.05) is 0 Å². The van der Waals surface area contributed by atoms with Gasteiger partial charge in [-0.1, -0.05) is 20.8 Å². The van der Waals surface area contributed by atoms with Crippen molar-refractivity contribution in [3.05, 3.63) is 23.0 Å². The number of hydrogen-bond acceptors (Lipinski definition) is 4. The highest BCUT2D eigenvalue weighted by Crippen LogP contribution is 2.17. The maximum absolute atomic E-state index is 12.4. The molecular weight excluding hydrogens is 258 g/mol. The summed E-state index contributed by atoms with van der Waals surface area (Å²) in [6.45, 7) is 7.11. The molecule has 6 nitrogen and oxygen atoms in total. The summed E-state index contributed by atoms with van der Waals surface area (Å²) in [5, 5.41) is 19.9. The molecule has 0 radical (unpaired) electrons. The topological polar surface area (TPSA) is 92.2 Å². The third-order valence-corrected chi connectivity index (χ3v) is 3.54. The molecule has 0 saturated heterocycles. The van der Waals surface area contributed by atoms with E-state index < -0.39 is 17.4 Å². The van der Waals surface area contributed by atoms with Crippen molar-refractivity contribution in [1.82, 2.24) is 15.5 Å². The van der Waals surface area contributed by atoms with Crippen LogP contribution in [0.2, 0.25) is 0 Å². The van der Waals surface area contributed by atoms with E-state index in [1.54, 1.807) is 26.8 Å². The molecule has 20 heavy (non-hydrogen) atoms. The first-order valence-corrected chi connectivity index (χ1v) is 6.79. The molecule has 1 rings (SSSR count). The van der Waals surface area contributed by atoms with Crippen LogP contribution < -0.4 is 5.32 Å². The summed E-state index contributed by atoms with van der Waals surface area (Å²) < 4.78 is 0. The fourth-order valence-electron chi connectivity index (χ4n) is 2.04. The molecule has 0 unspecified atom stereocenters. The van der Waals surface area contributed by atoms with Crippen LogP contribution in [-0.4, -0.2) is 32.7 Å². The summed E-state index contributed by atoms with van der Waals surface area (Å²) >= 11 is 0. The molecular formula is C14H21N3O3. The minimum atomic E-state index is -1.24. The summed E-state index contributed by atoms with van der Waals surface area (Å²) in [5.74, 6) is -1.43. The molecule has 0 aromatic carbocycles. The lowest BCUT2D eigenvalue weighted by molar-refractivity contribution is -0.144. The van der Waals surface area contributed by atoms with Crippen LogP contribution in [-0.2, 0) is 11.2 Å². The van der Waals surface area contributed by atoms with E-state index in [1.165, 1.54) is 0 Å². The summed E-state index contributed by atoms with van der Waals surface area (Å²) in [4.78, 5) is 23.8. The predicted octanol–water partition coefficient (Wildman–Crippen LogP) is 1.72. The van der Waals surface area contributed by atoms with E-state index in [0.29, 0.717) is 36.2 Å². The predicted molar refractivity (Wildman–Crippen MR) is 74.6 cm³/mol. The lowest BCUT2D eigenvalue weighted by Crippen LogP contribution is -2.53. The Hall–Kier alpha value is -1.98. The molecule has 0 atom stereocenters. The summed E-state index contributed by atoms with van der Waals surface area (Å²) in [6, 6.07) is 1.64. The van der Waals surface area contributed by atoms with Crippen molar-refractivity contribution < 1.29 is 14.7 Å². The van der Waals surface area contributed by atoms with Gasteiger partial charge < -0.3 is 10.4 Å². The molecule has 0 spiro atoms. The maximum atomic E-state index is 12.4. The first-order chi connectivity index (χ1) is 9.40. The van der Waals surface area contributed by atoms with Crippen LogP contribution in [0.5, 0.6) is 0 Å². The third kappa shape index (κ3) is 3.12. The normalized spacial score (nSPS) is 11.2. The average Bonchev–Trinajstić information content (AvgIpc) is 2.44. The number of aromatic nitrogens is 2. The van der Waals surface area contributed by atoms with Crippen LogP contribution in [0.25, 0.3) is 0 Å². The molecule has 0 aliphatic heterocycles. The van der Waals surface area contributed by atoms with Crippen LogP contribution in [0.3, 0.4) is 0 Å². The van der Waals surface area contributed by atoms with Crippen molar-refractivity contribution in [3.63, 3.8) is 0 Å². The molecule has 0 aliphatic carbocycles. The zero-order chi connectivity index (χ0) is 15.3. The van der Waals surface area contributed by atoms with Gasteiger partial charge in [0.15, 0.2) is 0 Å². The molecule has 2 N–H and O–H groups in total. The first kappa shape index (κ1) is 16.1. The second-order valence-corrected chi connectivity index (χ2v) is 4.75. The number of rotatable bonds is 6. The SMILES string of the molecule is CCc1nnc(C)cc1C(=O)NC(CC)(CC)C(=O)O. The lowest BCUT2D eigenvalue weighted by Gasteiger charge is -2.28. The van der Waals surface area contributed by atoms with E-state index in [9.17, 15) is 14.7 Å². The van der Waals surface area contributed by atoms with Crippen LogP contribution in [0.1, 0.15) is 55.4 Å². The monoisotopic (exact) mass is 279 g/mol.